The van der Waals surface area contributed by atoms with Crippen molar-refractivity contribution in [3.63, 3.8) is 0 Å². The maximum Gasteiger partial charge on any atom is 0.254 e. The lowest BCUT2D eigenvalue weighted by molar-refractivity contribution is 0.0614. The molecule has 0 saturated carbocycles. The highest BCUT2D eigenvalue weighted by Gasteiger charge is 2.23. The van der Waals surface area contributed by atoms with E-state index in [2.05, 4.69) is 4.90 Å². The third-order valence-electron chi connectivity index (χ3n) is 3.61. The van der Waals surface area contributed by atoms with Crippen LogP contribution in [0.3, 0.4) is 0 Å². The molecule has 2 rings (SSSR count). The first-order valence-electron chi connectivity index (χ1n) is 6.54. The van der Waals surface area contributed by atoms with Crippen molar-refractivity contribution in [3.8, 4) is 5.75 Å². The average molecular weight is 264 g/mol. The number of β-amino-alcohol motifs (C(OH)–C–C–N with tert-alkyl or cyclic N) is 1. The third kappa shape index (κ3) is 3.05. The molecule has 1 amide bonds. The molecule has 0 aliphatic carbocycles. The minimum absolute atomic E-state index is 0.0305. The Kier molecular flexibility index (Phi) is 4.39. The second kappa shape index (κ2) is 6.04. The van der Waals surface area contributed by atoms with Gasteiger partial charge in [-0.2, -0.15) is 0 Å². The molecule has 0 bridgehead atoms. The number of hydrogen-bond donors (Lipinski definition) is 2. The lowest BCUT2D eigenvalue weighted by Crippen LogP contribution is -2.49. The lowest BCUT2D eigenvalue weighted by Gasteiger charge is -2.34. The van der Waals surface area contributed by atoms with Gasteiger partial charge in [0.25, 0.3) is 5.91 Å². The average Bonchev–Trinajstić information content (AvgIpc) is 2.42. The van der Waals surface area contributed by atoms with E-state index in [4.69, 9.17) is 5.11 Å². The highest BCUT2D eigenvalue weighted by molar-refractivity contribution is 5.96. The number of amides is 1. The monoisotopic (exact) mass is 264 g/mol. The molecule has 0 atom stereocenters. The Morgan fingerprint density at radius 1 is 1.26 bits per heavy atom. The highest BCUT2D eigenvalue weighted by Crippen LogP contribution is 2.21. The van der Waals surface area contributed by atoms with E-state index in [1.807, 2.05) is 0 Å². The van der Waals surface area contributed by atoms with Crippen molar-refractivity contribution < 1.29 is 15.0 Å². The van der Waals surface area contributed by atoms with Crippen molar-refractivity contribution in [2.75, 3.05) is 39.3 Å². The van der Waals surface area contributed by atoms with E-state index in [-0.39, 0.29) is 18.3 Å². The Labute approximate surface area is 113 Å². The van der Waals surface area contributed by atoms with Crippen LogP contribution in [0.5, 0.6) is 5.75 Å². The van der Waals surface area contributed by atoms with E-state index in [9.17, 15) is 9.90 Å². The summed E-state index contributed by atoms with van der Waals surface area (Å²) in [5.74, 6) is 0.127. The van der Waals surface area contributed by atoms with Gasteiger partial charge in [0.1, 0.15) is 5.75 Å². The van der Waals surface area contributed by atoms with Crippen LogP contribution in [0, 0.1) is 6.92 Å². The molecular formula is C14H20N2O3. The Bertz CT molecular complexity index is 454. The molecule has 1 aromatic rings. The van der Waals surface area contributed by atoms with Crippen molar-refractivity contribution >= 4 is 5.91 Å². The number of piperazine rings is 1. The van der Waals surface area contributed by atoms with Gasteiger partial charge in [0.2, 0.25) is 0 Å². The van der Waals surface area contributed by atoms with Crippen LogP contribution >= 0.6 is 0 Å². The Morgan fingerprint density at radius 2 is 1.95 bits per heavy atom. The van der Waals surface area contributed by atoms with Gasteiger partial charge < -0.3 is 15.1 Å². The van der Waals surface area contributed by atoms with Crippen LogP contribution in [0.4, 0.5) is 0 Å². The molecule has 1 heterocycles. The Morgan fingerprint density at radius 3 is 2.58 bits per heavy atom. The summed E-state index contributed by atoms with van der Waals surface area (Å²) in [5.41, 5.74) is 1.20. The first-order valence-corrected chi connectivity index (χ1v) is 6.54. The molecule has 1 fully saturated rings. The molecule has 0 spiro atoms. The summed E-state index contributed by atoms with van der Waals surface area (Å²) in [4.78, 5) is 16.3. The zero-order chi connectivity index (χ0) is 13.8. The summed E-state index contributed by atoms with van der Waals surface area (Å²) < 4.78 is 0. The number of carbonyl (C=O) groups excluding carboxylic acids is 1. The number of benzene rings is 1. The molecule has 1 aromatic carbocycles. The van der Waals surface area contributed by atoms with E-state index in [0.717, 1.165) is 13.1 Å². The van der Waals surface area contributed by atoms with Crippen LogP contribution in [0.15, 0.2) is 18.2 Å². The van der Waals surface area contributed by atoms with Crippen molar-refractivity contribution in [3.05, 3.63) is 29.3 Å². The molecule has 0 aromatic heterocycles. The van der Waals surface area contributed by atoms with Crippen LogP contribution in [-0.4, -0.2) is 65.3 Å². The largest absolute Gasteiger partial charge is 0.508 e. The minimum atomic E-state index is -0.0305. The predicted molar refractivity (Wildman–Crippen MR) is 72.3 cm³/mol. The maximum absolute atomic E-state index is 12.4. The number of aliphatic hydroxyl groups is 1. The quantitative estimate of drug-likeness (QED) is 0.832. The first-order chi connectivity index (χ1) is 9.13. The summed E-state index contributed by atoms with van der Waals surface area (Å²) in [6.07, 6.45) is 0. The summed E-state index contributed by atoms with van der Waals surface area (Å²) >= 11 is 0. The normalized spacial score (nSPS) is 16.6. The van der Waals surface area contributed by atoms with Gasteiger partial charge in [-0.25, -0.2) is 0 Å². The Balaban J connectivity index is 2.03. The molecule has 5 nitrogen and oxygen atoms in total. The van der Waals surface area contributed by atoms with Gasteiger partial charge in [-0.05, 0) is 19.1 Å². The number of phenolic OH excluding ortho intramolecular Hbond substituents is 1. The number of phenols is 1. The fraction of sp³-hybridized carbons (Fsp3) is 0.500. The van der Waals surface area contributed by atoms with E-state index in [1.165, 1.54) is 0 Å². The molecular weight excluding hydrogens is 244 g/mol. The number of rotatable bonds is 3. The summed E-state index contributed by atoms with van der Waals surface area (Å²) in [5, 5.41) is 18.5. The second-order valence-electron chi connectivity index (χ2n) is 4.81. The van der Waals surface area contributed by atoms with E-state index in [0.29, 0.717) is 30.8 Å². The SMILES string of the molecule is Cc1c(O)cccc1C(=O)N1CCN(CCO)CC1. The summed E-state index contributed by atoms with van der Waals surface area (Å²) in [6.45, 7) is 5.45. The number of nitrogens with zero attached hydrogens (tertiary/aromatic N) is 2. The molecule has 5 heteroatoms. The smallest absolute Gasteiger partial charge is 0.254 e. The zero-order valence-electron chi connectivity index (χ0n) is 11.2. The molecule has 0 radical (unpaired) electrons. The van der Waals surface area contributed by atoms with Gasteiger partial charge in [-0.15, -0.1) is 0 Å². The highest BCUT2D eigenvalue weighted by atomic mass is 16.3. The fourth-order valence-corrected chi connectivity index (χ4v) is 2.34. The van der Waals surface area contributed by atoms with Crippen LogP contribution in [0.1, 0.15) is 15.9 Å². The maximum atomic E-state index is 12.4. The van der Waals surface area contributed by atoms with Crippen LogP contribution in [-0.2, 0) is 0 Å². The second-order valence-corrected chi connectivity index (χ2v) is 4.81. The van der Waals surface area contributed by atoms with Crippen molar-refractivity contribution in [1.29, 1.82) is 0 Å². The van der Waals surface area contributed by atoms with Gasteiger partial charge in [-0.1, -0.05) is 6.07 Å². The third-order valence-corrected chi connectivity index (χ3v) is 3.61. The number of aliphatic hydroxyl groups excluding tert-OH is 1. The molecule has 1 aliphatic heterocycles. The molecule has 19 heavy (non-hydrogen) atoms. The number of aromatic hydroxyl groups is 1. The molecule has 1 saturated heterocycles. The van der Waals surface area contributed by atoms with Gasteiger partial charge in [-0.3, -0.25) is 9.69 Å². The van der Waals surface area contributed by atoms with Crippen LogP contribution in [0.25, 0.3) is 0 Å². The van der Waals surface area contributed by atoms with E-state index in [1.54, 1.807) is 30.0 Å². The van der Waals surface area contributed by atoms with Crippen molar-refractivity contribution in [1.82, 2.24) is 9.80 Å². The number of hydrogen-bond acceptors (Lipinski definition) is 4. The standard InChI is InChI=1S/C14H20N2O3/c1-11-12(3-2-4-13(11)18)14(19)16-7-5-15(6-8-16)9-10-17/h2-4,17-18H,5-10H2,1H3. The summed E-state index contributed by atoms with van der Waals surface area (Å²) in [6, 6.07) is 5.03. The van der Waals surface area contributed by atoms with Gasteiger partial charge in [0.15, 0.2) is 0 Å². The zero-order valence-corrected chi connectivity index (χ0v) is 11.2. The fourth-order valence-electron chi connectivity index (χ4n) is 2.34. The van der Waals surface area contributed by atoms with Crippen molar-refractivity contribution in [2.45, 2.75) is 6.92 Å². The minimum Gasteiger partial charge on any atom is -0.508 e. The topological polar surface area (TPSA) is 64.0 Å². The van der Waals surface area contributed by atoms with E-state index >= 15 is 0 Å². The van der Waals surface area contributed by atoms with Gasteiger partial charge >= 0.3 is 0 Å². The molecule has 104 valence electrons. The van der Waals surface area contributed by atoms with Crippen LogP contribution < -0.4 is 0 Å². The Hall–Kier alpha value is -1.59. The lowest BCUT2D eigenvalue weighted by atomic mass is 10.1. The summed E-state index contributed by atoms with van der Waals surface area (Å²) in [7, 11) is 0. The molecule has 1 aliphatic rings. The van der Waals surface area contributed by atoms with Crippen LogP contribution in [0.2, 0.25) is 0 Å². The molecule has 0 unspecified atom stereocenters. The molecule has 2 N–H and O–H groups in total. The first kappa shape index (κ1) is 13.8. The van der Waals surface area contributed by atoms with Crippen molar-refractivity contribution in [2.24, 2.45) is 0 Å². The number of carbonyl (C=O) groups is 1. The van der Waals surface area contributed by atoms with Gasteiger partial charge in [0.05, 0.1) is 6.61 Å². The van der Waals surface area contributed by atoms with E-state index < -0.39 is 0 Å². The van der Waals surface area contributed by atoms with Gasteiger partial charge in [0, 0.05) is 43.9 Å². The predicted octanol–water partition coefficient (Wildman–Crippen LogP) is 0.451.